The number of carbonyl (C=O) groups excluding carboxylic acids is 1. The number of hydrogen-bond acceptors (Lipinski definition) is 8. The molecule has 0 spiro atoms. The van der Waals surface area contributed by atoms with Gasteiger partial charge in [-0.2, -0.15) is 0 Å². The van der Waals surface area contributed by atoms with Crippen molar-refractivity contribution in [1.82, 2.24) is 25.2 Å². The molecule has 0 aliphatic carbocycles. The van der Waals surface area contributed by atoms with Gasteiger partial charge in [-0.1, -0.05) is 29.8 Å². The third-order valence-electron chi connectivity index (χ3n) is 6.14. The molecule has 0 saturated heterocycles. The standard InChI is InChI=1S/C28H27ClN6O2S/c1-17(35(2)3)33-25(36)13-18-7-9-21-24(12-18)38-28-26(21)27(31-16-32-28)34-19-8-10-23(22(29)14-19)37-15-20-6-4-5-11-30-20/h4-12,14,16-17H,13,15H2,1-3H3,(H,33,36)(H,31,32,34). The van der Waals surface area contributed by atoms with E-state index in [-0.39, 0.29) is 12.1 Å². The summed E-state index contributed by atoms with van der Waals surface area (Å²) in [5.74, 6) is 1.25. The highest BCUT2D eigenvalue weighted by molar-refractivity contribution is 7.25. The van der Waals surface area contributed by atoms with E-state index in [1.165, 1.54) is 0 Å². The van der Waals surface area contributed by atoms with E-state index in [2.05, 4.69) is 31.7 Å². The molecule has 0 saturated carbocycles. The lowest BCUT2D eigenvalue weighted by Crippen LogP contribution is -2.42. The quantitative estimate of drug-likeness (QED) is 0.226. The molecule has 1 amide bonds. The van der Waals surface area contributed by atoms with Gasteiger partial charge in [-0.15, -0.1) is 11.3 Å². The molecular formula is C28H27ClN6O2S. The number of pyridine rings is 1. The molecule has 5 rings (SSSR count). The third-order valence-corrected chi connectivity index (χ3v) is 7.50. The second-order valence-electron chi connectivity index (χ2n) is 9.10. The third kappa shape index (κ3) is 5.85. The van der Waals surface area contributed by atoms with Gasteiger partial charge in [-0.25, -0.2) is 9.97 Å². The van der Waals surface area contributed by atoms with Crippen LogP contribution >= 0.6 is 22.9 Å². The van der Waals surface area contributed by atoms with Crippen molar-refractivity contribution in [2.24, 2.45) is 0 Å². The number of rotatable bonds is 9. The van der Waals surface area contributed by atoms with Gasteiger partial charge in [0.05, 0.1) is 28.7 Å². The number of fused-ring (bicyclic) bond motifs is 3. The number of nitrogens with one attached hydrogen (secondary N) is 2. The number of benzene rings is 2. The van der Waals surface area contributed by atoms with Crippen LogP contribution < -0.4 is 15.4 Å². The van der Waals surface area contributed by atoms with E-state index in [1.807, 2.05) is 74.4 Å². The minimum absolute atomic E-state index is 0.0156. The second kappa shape index (κ2) is 11.3. The summed E-state index contributed by atoms with van der Waals surface area (Å²) in [5, 5.41) is 8.82. The Labute approximate surface area is 229 Å². The lowest BCUT2D eigenvalue weighted by atomic mass is 10.1. The van der Waals surface area contributed by atoms with Crippen LogP contribution in [-0.2, 0) is 17.8 Å². The van der Waals surface area contributed by atoms with Crippen molar-refractivity contribution < 1.29 is 9.53 Å². The minimum atomic E-state index is -0.0329. The molecule has 194 valence electrons. The Morgan fingerprint density at radius 2 is 1.97 bits per heavy atom. The van der Waals surface area contributed by atoms with Gasteiger partial charge >= 0.3 is 0 Å². The number of nitrogens with zero attached hydrogens (tertiary/aromatic N) is 4. The molecule has 0 radical (unpaired) electrons. The molecule has 3 aromatic heterocycles. The number of anilines is 2. The number of halogens is 1. The highest BCUT2D eigenvalue weighted by atomic mass is 35.5. The maximum atomic E-state index is 12.5. The number of amides is 1. The van der Waals surface area contributed by atoms with Gasteiger partial charge in [-0.05, 0) is 63.0 Å². The van der Waals surface area contributed by atoms with Gasteiger partial charge in [0.25, 0.3) is 0 Å². The Morgan fingerprint density at radius 1 is 1.11 bits per heavy atom. The van der Waals surface area contributed by atoms with E-state index in [1.54, 1.807) is 23.9 Å². The molecule has 10 heteroatoms. The Kier molecular flexibility index (Phi) is 7.69. The fourth-order valence-electron chi connectivity index (χ4n) is 3.92. The summed E-state index contributed by atoms with van der Waals surface area (Å²) in [7, 11) is 3.86. The second-order valence-corrected chi connectivity index (χ2v) is 10.5. The van der Waals surface area contributed by atoms with Crippen molar-refractivity contribution in [1.29, 1.82) is 0 Å². The van der Waals surface area contributed by atoms with Crippen LogP contribution in [0.25, 0.3) is 20.3 Å². The van der Waals surface area contributed by atoms with Crippen molar-refractivity contribution in [2.75, 3.05) is 19.4 Å². The van der Waals surface area contributed by atoms with Gasteiger partial charge in [0.15, 0.2) is 0 Å². The van der Waals surface area contributed by atoms with Crippen LogP contribution in [0.2, 0.25) is 5.02 Å². The van der Waals surface area contributed by atoms with E-state index >= 15 is 0 Å². The van der Waals surface area contributed by atoms with Crippen LogP contribution in [0.4, 0.5) is 11.5 Å². The van der Waals surface area contributed by atoms with Gasteiger partial charge in [0, 0.05) is 22.0 Å². The smallest absolute Gasteiger partial charge is 0.225 e. The maximum Gasteiger partial charge on any atom is 0.225 e. The van der Waals surface area contributed by atoms with Gasteiger partial charge in [-0.3, -0.25) is 14.7 Å². The molecule has 0 aliphatic rings. The van der Waals surface area contributed by atoms with Crippen LogP contribution in [0.5, 0.6) is 5.75 Å². The van der Waals surface area contributed by atoms with Crippen LogP contribution in [-0.4, -0.2) is 46.0 Å². The predicted molar refractivity (Wildman–Crippen MR) is 153 cm³/mol. The minimum Gasteiger partial charge on any atom is -0.486 e. The zero-order chi connectivity index (χ0) is 26.6. The van der Waals surface area contributed by atoms with E-state index in [0.29, 0.717) is 29.6 Å². The molecule has 2 N–H and O–H groups in total. The summed E-state index contributed by atoms with van der Waals surface area (Å²) in [6, 6.07) is 17.3. The first-order chi connectivity index (χ1) is 18.4. The summed E-state index contributed by atoms with van der Waals surface area (Å²) in [6.07, 6.45) is 3.55. The Balaban J connectivity index is 1.35. The first kappa shape index (κ1) is 25.8. The summed E-state index contributed by atoms with van der Waals surface area (Å²) < 4.78 is 6.88. The molecule has 0 bridgehead atoms. The van der Waals surface area contributed by atoms with Gasteiger partial charge < -0.3 is 15.4 Å². The Morgan fingerprint density at radius 3 is 2.74 bits per heavy atom. The number of thiophene rings is 1. The molecule has 8 nitrogen and oxygen atoms in total. The Hall–Kier alpha value is -3.79. The molecule has 1 unspecified atom stereocenters. The number of carbonyl (C=O) groups is 1. The van der Waals surface area contributed by atoms with Crippen molar-refractivity contribution in [3.8, 4) is 5.75 Å². The van der Waals surface area contributed by atoms with Gasteiger partial charge in [0.1, 0.15) is 29.3 Å². The van der Waals surface area contributed by atoms with Crippen molar-refractivity contribution >= 4 is 60.7 Å². The largest absolute Gasteiger partial charge is 0.486 e. The lowest BCUT2D eigenvalue weighted by Gasteiger charge is -2.20. The number of aromatic nitrogens is 3. The molecule has 5 aromatic rings. The normalized spacial score (nSPS) is 12.1. The number of ether oxygens (including phenoxy) is 1. The zero-order valence-electron chi connectivity index (χ0n) is 21.2. The van der Waals surface area contributed by atoms with Crippen LogP contribution in [0.1, 0.15) is 18.2 Å². The van der Waals surface area contributed by atoms with E-state index in [4.69, 9.17) is 16.3 Å². The fourth-order valence-corrected chi connectivity index (χ4v) is 5.26. The highest BCUT2D eigenvalue weighted by Gasteiger charge is 2.15. The van der Waals surface area contributed by atoms with E-state index in [9.17, 15) is 4.79 Å². The summed E-state index contributed by atoms with van der Waals surface area (Å²) in [6.45, 7) is 2.29. The van der Waals surface area contributed by atoms with Crippen LogP contribution in [0.3, 0.4) is 0 Å². The van der Waals surface area contributed by atoms with Crippen molar-refractivity contribution in [3.63, 3.8) is 0 Å². The summed E-state index contributed by atoms with van der Waals surface area (Å²) >= 11 is 8.08. The highest BCUT2D eigenvalue weighted by Crippen LogP contribution is 2.38. The van der Waals surface area contributed by atoms with Crippen LogP contribution in [0, 0.1) is 0 Å². The van der Waals surface area contributed by atoms with E-state index < -0.39 is 0 Å². The summed E-state index contributed by atoms with van der Waals surface area (Å²) in [4.78, 5) is 28.5. The van der Waals surface area contributed by atoms with Gasteiger partial charge in [0.2, 0.25) is 5.91 Å². The zero-order valence-corrected chi connectivity index (χ0v) is 22.8. The Bertz CT molecular complexity index is 1590. The molecule has 1 atom stereocenters. The predicted octanol–water partition coefficient (Wildman–Crippen LogP) is 5.78. The molecule has 2 aromatic carbocycles. The molecular weight excluding hydrogens is 520 g/mol. The molecule has 0 aliphatic heterocycles. The topological polar surface area (TPSA) is 92.3 Å². The van der Waals surface area contributed by atoms with E-state index in [0.717, 1.165) is 37.2 Å². The summed E-state index contributed by atoms with van der Waals surface area (Å²) in [5.41, 5.74) is 2.55. The maximum absolute atomic E-state index is 12.5. The SMILES string of the molecule is CC(NC(=O)Cc1ccc2c(c1)sc1ncnc(Nc3ccc(OCc4ccccn4)c(Cl)c3)c12)N(C)C. The molecule has 0 fully saturated rings. The fraction of sp³-hybridized carbons (Fsp3) is 0.214. The number of hydrogen-bond donors (Lipinski definition) is 2. The molecule has 38 heavy (non-hydrogen) atoms. The average Bonchev–Trinajstić information content (AvgIpc) is 3.27. The first-order valence-electron chi connectivity index (χ1n) is 12.1. The van der Waals surface area contributed by atoms with Crippen molar-refractivity contribution in [2.45, 2.75) is 26.1 Å². The first-order valence-corrected chi connectivity index (χ1v) is 13.3. The monoisotopic (exact) mass is 546 g/mol. The average molecular weight is 547 g/mol. The molecule has 3 heterocycles. The van der Waals surface area contributed by atoms with Crippen LogP contribution in [0.15, 0.2) is 67.1 Å². The van der Waals surface area contributed by atoms with Crippen molar-refractivity contribution in [3.05, 3.63) is 83.4 Å². The lowest BCUT2D eigenvalue weighted by molar-refractivity contribution is -0.121.